The molecule has 1 aliphatic carbocycles. The maximum atomic E-state index is 12.6. The highest BCUT2D eigenvalue weighted by Crippen LogP contribution is 2.29. The van der Waals surface area contributed by atoms with Crippen LogP contribution in [0.15, 0.2) is 24.3 Å². The fourth-order valence-corrected chi connectivity index (χ4v) is 2.49. The quantitative estimate of drug-likeness (QED) is 0.714. The van der Waals surface area contributed by atoms with E-state index in [2.05, 4.69) is 4.74 Å². The monoisotopic (exact) mass is 317 g/mol. The SMILES string of the molecule is O=C(c1ccccc1OC(F)F)N(CCCCl)C1CCC1. The Morgan fingerprint density at radius 1 is 1.38 bits per heavy atom. The van der Waals surface area contributed by atoms with E-state index < -0.39 is 6.61 Å². The van der Waals surface area contributed by atoms with Gasteiger partial charge >= 0.3 is 6.61 Å². The number of halogens is 3. The smallest absolute Gasteiger partial charge is 0.387 e. The number of para-hydroxylation sites is 1. The van der Waals surface area contributed by atoms with Gasteiger partial charge in [-0.05, 0) is 37.8 Å². The van der Waals surface area contributed by atoms with Gasteiger partial charge in [0.1, 0.15) is 5.75 Å². The van der Waals surface area contributed by atoms with Crippen molar-refractivity contribution in [2.75, 3.05) is 12.4 Å². The third-order valence-corrected chi connectivity index (χ3v) is 3.91. The molecule has 1 amide bonds. The molecule has 0 atom stereocenters. The van der Waals surface area contributed by atoms with E-state index in [0.29, 0.717) is 18.8 Å². The van der Waals surface area contributed by atoms with Crippen molar-refractivity contribution in [3.8, 4) is 5.75 Å². The summed E-state index contributed by atoms with van der Waals surface area (Å²) in [5.74, 6) is 0.125. The Kier molecular flexibility index (Phi) is 5.79. The zero-order chi connectivity index (χ0) is 15.2. The first-order chi connectivity index (χ1) is 10.1. The Labute approximate surface area is 127 Å². The molecule has 21 heavy (non-hydrogen) atoms. The largest absolute Gasteiger partial charge is 0.434 e. The summed E-state index contributed by atoms with van der Waals surface area (Å²) in [6.07, 6.45) is 3.67. The number of nitrogens with zero attached hydrogens (tertiary/aromatic N) is 1. The molecule has 1 aromatic rings. The second-order valence-corrected chi connectivity index (χ2v) is 5.38. The van der Waals surface area contributed by atoms with Gasteiger partial charge in [0.05, 0.1) is 5.56 Å². The van der Waals surface area contributed by atoms with Crippen LogP contribution in [0.3, 0.4) is 0 Å². The number of hydrogen-bond acceptors (Lipinski definition) is 2. The Bertz CT molecular complexity index is 480. The Morgan fingerprint density at radius 3 is 2.67 bits per heavy atom. The van der Waals surface area contributed by atoms with Gasteiger partial charge in [0.15, 0.2) is 0 Å². The van der Waals surface area contributed by atoms with E-state index in [1.165, 1.54) is 12.1 Å². The lowest BCUT2D eigenvalue weighted by Gasteiger charge is -2.37. The van der Waals surface area contributed by atoms with E-state index >= 15 is 0 Å². The van der Waals surface area contributed by atoms with Crippen molar-refractivity contribution in [1.82, 2.24) is 4.90 Å². The highest BCUT2D eigenvalue weighted by Gasteiger charge is 2.30. The van der Waals surface area contributed by atoms with E-state index in [4.69, 9.17) is 11.6 Å². The number of carbonyl (C=O) groups excluding carboxylic acids is 1. The maximum Gasteiger partial charge on any atom is 0.387 e. The van der Waals surface area contributed by atoms with Crippen LogP contribution in [0.2, 0.25) is 0 Å². The second kappa shape index (κ2) is 7.59. The first-order valence-electron chi connectivity index (χ1n) is 7.04. The molecule has 0 heterocycles. The van der Waals surface area contributed by atoms with E-state index in [1.807, 2.05) is 0 Å². The Morgan fingerprint density at radius 2 is 2.10 bits per heavy atom. The first kappa shape index (κ1) is 16.0. The zero-order valence-corrected chi connectivity index (χ0v) is 12.4. The molecular formula is C15H18ClF2NO2. The van der Waals surface area contributed by atoms with Gasteiger partial charge in [0.2, 0.25) is 0 Å². The van der Waals surface area contributed by atoms with E-state index in [1.54, 1.807) is 17.0 Å². The van der Waals surface area contributed by atoms with Crippen LogP contribution in [0.5, 0.6) is 5.75 Å². The van der Waals surface area contributed by atoms with Gasteiger partial charge in [-0.15, -0.1) is 11.6 Å². The van der Waals surface area contributed by atoms with Gasteiger partial charge in [-0.1, -0.05) is 12.1 Å². The third-order valence-electron chi connectivity index (χ3n) is 3.64. The molecule has 0 aromatic heterocycles. The number of carbonyl (C=O) groups is 1. The minimum atomic E-state index is -2.95. The molecule has 1 fully saturated rings. The van der Waals surface area contributed by atoms with Crippen LogP contribution >= 0.6 is 11.6 Å². The highest BCUT2D eigenvalue weighted by molar-refractivity contribution is 6.17. The van der Waals surface area contributed by atoms with Crippen LogP contribution in [0.25, 0.3) is 0 Å². The standard InChI is InChI=1S/C15H18ClF2NO2/c16-9-4-10-19(11-5-3-6-11)14(20)12-7-1-2-8-13(12)21-15(17)18/h1-2,7-8,11,15H,3-6,9-10H2. The van der Waals surface area contributed by atoms with Crippen molar-refractivity contribution >= 4 is 17.5 Å². The van der Waals surface area contributed by atoms with Crippen LogP contribution < -0.4 is 4.74 Å². The second-order valence-electron chi connectivity index (χ2n) is 5.00. The number of rotatable bonds is 7. The summed E-state index contributed by atoms with van der Waals surface area (Å²) in [7, 11) is 0. The number of benzene rings is 1. The summed E-state index contributed by atoms with van der Waals surface area (Å²) < 4.78 is 29.3. The summed E-state index contributed by atoms with van der Waals surface area (Å²) >= 11 is 5.70. The molecule has 3 nitrogen and oxygen atoms in total. The average Bonchev–Trinajstić information content (AvgIpc) is 2.40. The minimum absolute atomic E-state index is 0.0762. The third kappa shape index (κ3) is 4.06. The fourth-order valence-electron chi connectivity index (χ4n) is 2.38. The van der Waals surface area contributed by atoms with Crippen LogP contribution in [-0.4, -0.2) is 35.9 Å². The molecule has 6 heteroatoms. The summed E-state index contributed by atoms with van der Waals surface area (Å²) in [5, 5.41) is 0. The Balaban J connectivity index is 2.19. The van der Waals surface area contributed by atoms with Gasteiger partial charge in [0.25, 0.3) is 5.91 Å². The van der Waals surface area contributed by atoms with Crippen molar-refractivity contribution in [3.05, 3.63) is 29.8 Å². The molecule has 0 N–H and O–H groups in total. The molecule has 0 unspecified atom stereocenters. The molecule has 0 bridgehead atoms. The number of alkyl halides is 3. The van der Waals surface area contributed by atoms with Crippen LogP contribution in [-0.2, 0) is 0 Å². The maximum absolute atomic E-state index is 12.6. The lowest BCUT2D eigenvalue weighted by atomic mass is 9.90. The van der Waals surface area contributed by atoms with Crippen molar-refractivity contribution < 1.29 is 18.3 Å². The zero-order valence-electron chi connectivity index (χ0n) is 11.6. The van der Waals surface area contributed by atoms with Crippen LogP contribution in [0, 0.1) is 0 Å². The van der Waals surface area contributed by atoms with Gasteiger partial charge < -0.3 is 9.64 Å². The normalized spacial score (nSPS) is 14.9. The molecule has 2 rings (SSSR count). The van der Waals surface area contributed by atoms with Crippen molar-refractivity contribution in [2.45, 2.75) is 38.3 Å². The van der Waals surface area contributed by atoms with E-state index in [0.717, 1.165) is 19.3 Å². The summed E-state index contributed by atoms with van der Waals surface area (Å²) in [4.78, 5) is 14.4. The lowest BCUT2D eigenvalue weighted by molar-refractivity contribution is -0.0503. The van der Waals surface area contributed by atoms with Crippen molar-refractivity contribution in [2.24, 2.45) is 0 Å². The molecule has 116 valence electrons. The van der Waals surface area contributed by atoms with Gasteiger partial charge in [0, 0.05) is 18.5 Å². The van der Waals surface area contributed by atoms with E-state index in [9.17, 15) is 13.6 Å². The predicted octanol–water partition coefficient (Wildman–Crippen LogP) is 3.91. The van der Waals surface area contributed by atoms with Gasteiger partial charge in [-0.3, -0.25) is 4.79 Å². The first-order valence-corrected chi connectivity index (χ1v) is 7.57. The molecule has 0 radical (unpaired) electrons. The van der Waals surface area contributed by atoms with E-state index in [-0.39, 0.29) is 23.3 Å². The topological polar surface area (TPSA) is 29.5 Å². The molecule has 0 spiro atoms. The summed E-state index contributed by atoms with van der Waals surface area (Å²) in [6, 6.07) is 6.31. The van der Waals surface area contributed by atoms with Gasteiger partial charge in [-0.2, -0.15) is 8.78 Å². The molecule has 1 saturated carbocycles. The number of amides is 1. The average molecular weight is 318 g/mol. The molecule has 1 aliphatic rings. The predicted molar refractivity (Wildman–Crippen MR) is 77.1 cm³/mol. The number of hydrogen-bond donors (Lipinski definition) is 0. The molecular weight excluding hydrogens is 300 g/mol. The van der Waals surface area contributed by atoms with Crippen molar-refractivity contribution in [1.29, 1.82) is 0 Å². The minimum Gasteiger partial charge on any atom is -0.434 e. The molecule has 0 saturated heterocycles. The summed E-state index contributed by atoms with van der Waals surface area (Å²) in [5.41, 5.74) is 0.180. The van der Waals surface area contributed by atoms with Crippen LogP contribution in [0.4, 0.5) is 8.78 Å². The molecule has 0 aliphatic heterocycles. The lowest BCUT2D eigenvalue weighted by Crippen LogP contribution is -2.45. The van der Waals surface area contributed by atoms with Crippen LogP contribution in [0.1, 0.15) is 36.0 Å². The number of ether oxygens (including phenoxy) is 1. The Hall–Kier alpha value is -1.36. The summed E-state index contributed by atoms with van der Waals surface area (Å²) in [6.45, 7) is -2.41. The molecule has 1 aromatic carbocycles. The highest BCUT2D eigenvalue weighted by atomic mass is 35.5. The fraction of sp³-hybridized carbons (Fsp3) is 0.533. The van der Waals surface area contributed by atoms with Gasteiger partial charge in [-0.25, -0.2) is 0 Å². The van der Waals surface area contributed by atoms with Crippen molar-refractivity contribution in [3.63, 3.8) is 0 Å².